The molecule has 108 valence electrons. The van der Waals surface area contributed by atoms with Crippen LogP contribution in [0.4, 0.5) is 11.5 Å². The van der Waals surface area contributed by atoms with Crippen molar-refractivity contribution in [1.29, 1.82) is 0 Å². The minimum Gasteiger partial charge on any atom is -0.397 e. The van der Waals surface area contributed by atoms with Crippen LogP contribution in [-0.4, -0.2) is 35.2 Å². The number of aromatic nitrogens is 2. The topological polar surface area (TPSA) is 133 Å². The van der Waals surface area contributed by atoms with Gasteiger partial charge in [-0.15, -0.1) is 11.3 Å². The van der Waals surface area contributed by atoms with E-state index in [-0.39, 0.29) is 0 Å². The van der Waals surface area contributed by atoms with Gasteiger partial charge < -0.3 is 22.5 Å². The van der Waals surface area contributed by atoms with Crippen LogP contribution in [-0.2, 0) is 0 Å². The lowest BCUT2D eigenvalue weighted by atomic mass is 10.2. The highest BCUT2D eigenvalue weighted by Gasteiger charge is 2.19. The van der Waals surface area contributed by atoms with E-state index in [1.54, 1.807) is 0 Å². The van der Waals surface area contributed by atoms with Crippen molar-refractivity contribution in [2.45, 2.75) is 11.6 Å². The van der Waals surface area contributed by atoms with E-state index in [9.17, 15) is 4.79 Å². The highest BCUT2D eigenvalue weighted by atomic mass is 32.2. The molecular weight excluding hydrogens is 296 g/mol. The molecular formula is C11H16N6OS2. The fourth-order valence-corrected chi connectivity index (χ4v) is 3.08. The summed E-state index contributed by atoms with van der Waals surface area (Å²) in [6.45, 7) is 1.26. The third-order valence-electron chi connectivity index (χ3n) is 2.65. The zero-order valence-corrected chi connectivity index (χ0v) is 12.6. The fourth-order valence-electron chi connectivity index (χ4n) is 1.71. The molecule has 0 bridgehead atoms. The van der Waals surface area contributed by atoms with E-state index in [0.29, 0.717) is 44.8 Å². The Morgan fingerprint density at radius 2 is 2.20 bits per heavy atom. The average Bonchev–Trinajstić information content (AvgIpc) is 2.76. The number of fused-ring (bicyclic) bond motifs is 1. The van der Waals surface area contributed by atoms with Gasteiger partial charge in [-0.3, -0.25) is 4.79 Å². The minimum atomic E-state index is -0.552. The van der Waals surface area contributed by atoms with Gasteiger partial charge >= 0.3 is 0 Å². The molecule has 0 aliphatic carbocycles. The molecule has 2 rings (SSSR count). The molecule has 0 saturated heterocycles. The Balaban J connectivity index is 2.54. The number of carbonyl (C=O) groups excluding carboxylic acids is 1. The van der Waals surface area contributed by atoms with Gasteiger partial charge in [-0.25, -0.2) is 9.97 Å². The van der Waals surface area contributed by atoms with E-state index >= 15 is 0 Å². The van der Waals surface area contributed by atoms with E-state index in [0.717, 1.165) is 6.42 Å². The number of hydrogen-bond acceptors (Lipinski definition) is 8. The highest BCUT2D eigenvalue weighted by Crippen LogP contribution is 2.37. The monoisotopic (exact) mass is 312 g/mol. The first kappa shape index (κ1) is 14.8. The van der Waals surface area contributed by atoms with Crippen molar-refractivity contribution in [1.82, 2.24) is 9.97 Å². The zero-order valence-electron chi connectivity index (χ0n) is 11.0. The molecule has 2 heterocycles. The smallest absolute Gasteiger partial charge is 0.260 e. The van der Waals surface area contributed by atoms with Gasteiger partial charge in [-0.05, 0) is 19.2 Å². The number of hydrogen-bond donors (Lipinski definition) is 4. The van der Waals surface area contributed by atoms with Crippen molar-refractivity contribution in [2.75, 3.05) is 30.4 Å². The number of nitrogens with two attached hydrogens (primary N) is 3. The number of nitrogens with zero attached hydrogens (tertiary/aromatic N) is 2. The summed E-state index contributed by atoms with van der Waals surface area (Å²) in [5, 5.41) is 4.45. The van der Waals surface area contributed by atoms with E-state index in [2.05, 4.69) is 15.3 Å². The summed E-state index contributed by atoms with van der Waals surface area (Å²) in [6.07, 6.45) is 2.70. The van der Waals surface area contributed by atoms with Gasteiger partial charge in [0.05, 0.1) is 11.1 Å². The number of nitrogens with one attached hydrogen (secondary N) is 1. The first-order valence-corrected chi connectivity index (χ1v) is 8.00. The van der Waals surface area contributed by atoms with Crippen LogP contribution in [0.3, 0.4) is 0 Å². The summed E-state index contributed by atoms with van der Waals surface area (Å²) in [5.74, 6) is 0.0677. The van der Waals surface area contributed by atoms with Crippen molar-refractivity contribution < 1.29 is 4.79 Å². The van der Waals surface area contributed by atoms with Crippen molar-refractivity contribution >= 4 is 50.7 Å². The highest BCUT2D eigenvalue weighted by molar-refractivity contribution is 7.98. The molecule has 20 heavy (non-hydrogen) atoms. The molecule has 2 aromatic rings. The lowest BCUT2D eigenvalue weighted by Gasteiger charge is -2.08. The molecule has 0 spiro atoms. The number of primary amides is 1. The molecule has 0 atom stereocenters. The lowest BCUT2D eigenvalue weighted by molar-refractivity contribution is 0.100. The third kappa shape index (κ3) is 2.79. The molecule has 0 saturated carbocycles. The van der Waals surface area contributed by atoms with Crippen LogP contribution in [0.5, 0.6) is 0 Å². The first-order chi connectivity index (χ1) is 9.58. The van der Waals surface area contributed by atoms with Gasteiger partial charge in [0, 0.05) is 6.54 Å². The van der Waals surface area contributed by atoms with Crippen LogP contribution in [0.2, 0.25) is 0 Å². The summed E-state index contributed by atoms with van der Waals surface area (Å²) in [7, 11) is 0. The maximum absolute atomic E-state index is 11.4. The van der Waals surface area contributed by atoms with Crippen LogP contribution < -0.4 is 22.5 Å². The number of thioether (sulfide) groups is 1. The van der Waals surface area contributed by atoms with Crippen LogP contribution in [0.25, 0.3) is 10.2 Å². The van der Waals surface area contributed by atoms with Crippen molar-refractivity contribution in [3.05, 3.63) is 4.88 Å². The first-order valence-electron chi connectivity index (χ1n) is 5.96. The summed E-state index contributed by atoms with van der Waals surface area (Å²) in [4.78, 5) is 21.1. The SMILES string of the molecule is CSc1nc(NCCCN)c2c(N)c(C(N)=O)sc2n1. The quantitative estimate of drug-likeness (QED) is 0.353. The van der Waals surface area contributed by atoms with E-state index in [4.69, 9.17) is 17.2 Å². The molecule has 9 heteroatoms. The van der Waals surface area contributed by atoms with Crippen LogP contribution in [0.1, 0.15) is 16.1 Å². The number of amides is 1. The second-order valence-corrected chi connectivity index (χ2v) is 5.79. The Hall–Kier alpha value is -1.58. The van der Waals surface area contributed by atoms with Gasteiger partial charge in [0.2, 0.25) is 0 Å². The van der Waals surface area contributed by atoms with E-state index < -0.39 is 5.91 Å². The van der Waals surface area contributed by atoms with Crippen LogP contribution >= 0.6 is 23.1 Å². The minimum absolute atomic E-state index is 0.314. The van der Waals surface area contributed by atoms with Crippen LogP contribution in [0.15, 0.2) is 5.16 Å². The zero-order chi connectivity index (χ0) is 14.7. The second-order valence-electron chi connectivity index (χ2n) is 4.02. The largest absolute Gasteiger partial charge is 0.397 e. The third-order valence-corrected chi connectivity index (χ3v) is 4.31. The van der Waals surface area contributed by atoms with Gasteiger partial charge in [0.15, 0.2) is 5.16 Å². The maximum Gasteiger partial charge on any atom is 0.260 e. The number of anilines is 2. The fraction of sp³-hybridized carbons (Fsp3) is 0.364. The van der Waals surface area contributed by atoms with E-state index in [1.165, 1.54) is 23.1 Å². The molecule has 0 radical (unpaired) electrons. The van der Waals surface area contributed by atoms with Gasteiger partial charge in [-0.1, -0.05) is 11.8 Å². The number of thiophene rings is 1. The molecule has 7 N–H and O–H groups in total. The standard InChI is InChI=1S/C11H16N6OS2/c1-19-11-16-9(15-4-2-3-12)5-6(13)7(8(14)18)20-10(5)17-11/h2-4,12-13H2,1H3,(H2,14,18)(H,15,16,17). The number of nitrogen functional groups attached to an aromatic ring is 1. The summed E-state index contributed by atoms with van der Waals surface area (Å²) in [6, 6.07) is 0. The molecule has 0 aliphatic heterocycles. The Bertz CT molecular complexity index is 641. The molecule has 0 aromatic carbocycles. The number of carbonyl (C=O) groups is 1. The molecule has 7 nitrogen and oxygen atoms in total. The normalized spacial score (nSPS) is 10.9. The van der Waals surface area contributed by atoms with E-state index in [1.807, 2.05) is 6.26 Å². The predicted molar refractivity (Wildman–Crippen MR) is 84.3 cm³/mol. The second kappa shape index (κ2) is 6.25. The summed E-state index contributed by atoms with van der Waals surface area (Å²) >= 11 is 2.61. The average molecular weight is 312 g/mol. The molecule has 0 aliphatic rings. The van der Waals surface area contributed by atoms with Crippen molar-refractivity contribution in [3.63, 3.8) is 0 Å². The van der Waals surface area contributed by atoms with Crippen LogP contribution in [0, 0.1) is 0 Å². The number of rotatable bonds is 6. The molecule has 1 amide bonds. The Morgan fingerprint density at radius 3 is 2.80 bits per heavy atom. The van der Waals surface area contributed by atoms with Gasteiger partial charge in [-0.2, -0.15) is 0 Å². The van der Waals surface area contributed by atoms with Crippen molar-refractivity contribution in [2.24, 2.45) is 11.5 Å². The molecule has 0 fully saturated rings. The Labute approximate surface area is 124 Å². The maximum atomic E-state index is 11.4. The van der Waals surface area contributed by atoms with Gasteiger partial charge in [0.25, 0.3) is 5.91 Å². The summed E-state index contributed by atoms with van der Waals surface area (Å²) < 4.78 is 0. The van der Waals surface area contributed by atoms with Crippen molar-refractivity contribution in [3.8, 4) is 0 Å². The summed E-state index contributed by atoms with van der Waals surface area (Å²) in [5.41, 5.74) is 17.1. The predicted octanol–water partition coefficient (Wildman–Crippen LogP) is 0.855. The molecule has 0 unspecified atom stereocenters. The molecule has 2 aromatic heterocycles. The van der Waals surface area contributed by atoms with Gasteiger partial charge in [0.1, 0.15) is 15.5 Å². The Kier molecular flexibility index (Phi) is 4.63. The Morgan fingerprint density at radius 1 is 1.45 bits per heavy atom. The lowest BCUT2D eigenvalue weighted by Crippen LogP contribution is -2.12.